The molecule has 0 aromatic heterocycles. The van der Waals surface area contributed by atoms with E-state index in [-0.39, 0.29) is 12.0 Å². The van der Waals surface area contributed by atoms with Crippen molar-refractivity contribution in [2.75, 3.05) is 6.54 Å². The molecule has 0 aliphatic rings. The number of aliphatic imine (C=N–C) groups is 1. The van der Waals surface area contributed by atoms with Crippen molar-refractivity contribution in [3.8, 4) is 0 Å². The third-order valence-electron chi connectivity index (χ3n) is 1.90. The van der Waals surface area contributed by atoms with Crippen LogP contribution in [0.3, 0.4) is 0 Å². The van der Waals surface area contributed by atoms with Crippen LogP contribution in [-0.4, -0.2) is 29.8 Å². The van der Waals surface area contributed by atoms with Crippen LogP contribution in [0.1, 0.15) is 26.2 Å². The molecular weight excluding hydrogens is 168 g/mol. The number of aliphatic hydroxyl groups is 1. The van der Waals surface area contributed by atoms with Crippen LogP contribution in [0.15, 0.2) is 4.99 Å². The third-order valence-corrected chi connectivity index (χ3v) is 1.90. The summed E-state index contributed by atoms with van der Waals surface area (Å²) >= 11 is 0. The average Bonchev–Trinajstić information content (AvgIpc) is 2.10. The van der Waals surface area contributed by atoms with Gasteiger partial charge in [-0.05, 0) is 19.3 Å². The summed E-state index contributed by atoms with van der Waals surface area (Å²) in [4.78, 5) is 3.82. The minimum atomic E-state index is -0.417. The fourth-order valence-corrected chi connectivity index (χ4v) is 1.03. The van der Waals surface area contributed by atoms with E-state index >= 15 is 0 Å². The molecule has 5 nitrogen and oxygen atoms in total. The SMILES string of the molecule is CCC(O)C(N)CCCN=C(N)N. The molecule has 0 aromatic carbocycles. The van der Waals surface area contributed by atoms with Gasteiger partial charge in [-0.3, -0.25) is 4.99 Å². The Labute approximate surface area is 79.0 Å². The van der Waals surface area contributed by atoms with Crippen molar-refractivity contribution >= 4 is 5.96 Å². The highest BCUT2D eigenvalue weighted by molar-refractivity contribution is 5.75. The number of aliphatic hydroxyl groups excluding tert-OH is 1. The van der Waals surface area contributed by atoms with Gasteiger partial charge >= 0.3 is 0 Å². The first kappa shape index (κ1) is 12.2. The summed E-state index contributed by atoms with van der Waals surface area (Å²) in [5.74, 6) is 0.101. The highest BCUT2D eigenvalue weighted by atomic mass is 16.3. The predicted molar refractivity (Wildman–Crippen MR) is 54.2 cm³/mol. The van der Waals surface area contributed by atoms with Gasteiger partial charge in [0.1, 0.15) is 0 Å². The van der Waals surface area contributed by atoms with Crippen molar-refractivity contribution in [1.82, 2.24) is 0 Å². The molecule has 0 aromatic rings. The third kappa shape index (κ3) is 6.36. The van der Waals surface area contributed by atoms with Gasteiger partial charge in [0.05, 0.1) is 6.10 Å². The molecule has 0 heterocycles. The zero-order valence-corrected chi connectivity index (χ0v) is 8.11. The van der Waals surface area contributed by atoms with Crippen LogP contribution in [0.25, 0.3) is 0 Å². The Morgan fingerprint density at radius 1 is 1.46 bits per heavy atom. The van der Waals surface area contributed by atoms with E-state index in [4.69, 9.17) is 17.2 Å². The highest BCUT2D eigenvalue weighted by Gasteiger charge is 2.11. The summed E-state index contributed by atoms with van der Waals surface area (Å²) in [7, 11) is 0. The van der Waals surface area contributed by atoms with Gasteiger partial charge in [0.25, 0.3) is 0 Å². The summed E-state index contributed by atoms with van der Waals surface area (Å²) in [6.07, 6.45) is 1.81. The van der Waals surface area contributed by atoms with Gasteiger partial charge in [0.15, 0.2) is 5.96 Å². The minimum absolute atomic E-state index is 0.101. The average molecular weight is 188 g/mol. The summed E-state index contributed by atoms with van der Waals surface area (Å²) in [5.41, 5.74) is 16.0. The minimum Gasteiger partial charge on any atom is -0.392 e. The van der Waals surface area contributed by atoms with Gasteiger partial charge in [-0.25, -0.2) is 0 Å². The normalized spacial score (nSPS) is 15.0. The Bertz CT molecular complexity index is 156. The molecule has 0 rings (SSSR count). The first-order valence-corrected chi connectivity index (χ1v) is 4.57. The van der Waals surface area contributed by atoms with Gasteiger partial charge in [-0.15, -0.1) is 0 Å². The first-order chi connectivity index (χ1) is 6.07. The van der Waals surface area contributed by atoms with Gasteiger partial charge in [0, 0.05) is 12.6 Å². The number of nitrogens with zero attached hydrogens (tertiary/aromatic N) is 1. The molecule has 0 radical (unpaired) electrons. The van der Waals surface area contributed by atoms with E-state index in [1.165, 1.54) is 0 Å². The Morgan fingerprint density at radius 3 is 2.54 bits per heavy atom. The van der Waals surface area contributed by atoms with Crippen molar-refractivity contribution in [2.45, 2.75) is 38.3 Å². The molecule has 78 valence electrons. The van der Waals surface area contributed by atoms with E-state index in [0.717, 1.165) is 12.8 Å². The first-order valence-electron chi connectivity index (χ1n) is 4.57. The molecule has 13 heavy (non-hydrogen) atoms. The molecule has 0 saturated carbocycles. The van der Waals surface area contributed by atoms with Crippen molar-refractivity contribution in [2.24, 2.45) is 22.2 Å². The number of hydrogen-bond acceptors (Lipinski definition) is 3. The van der Waals surface area contributed by atoms with Crippen LogP contribution < -0.4 is 17.2 Å². The molecule has 0 spiro atoms. The van der Waals surface area contributed by atoms with Crippen LogP contribution in [0, 0.1) is 0 Å². The molecule has 5 heteroatoms. The second-order valence-corrected chi connectivity index (χ2v) is 3.09. The van der Waals surface area contributed by atoms with Crippen LogP contribution in [0.5, 0.6) is 0 Å². The number of guanidine groups is 1. The molecule has 0 fully saturated rings. The molecular formula is C8H20N4O. The lowest BCUT2D eigenvalue weighted by molar-refractivity contribution is 0.135. The van der Waals surface area contributed by atoms with Crippen molar-refractivity contribution in [3.05, 3.63) is 0 Å². The summed E-state index contributed by atoms with van der Waals surface area (Å²) in [6, 6.07) is -0.167. The van der Waals surface area contributed by atoms with Crippen molar-refractivity contribution < 1.29 is 5.11 Å². The molecule has 7 N–H and O–H groups in total. The van der Waals surface area contributed by atoms with Gasteiger partial charge in [-0.2, -0.15) is 0 Å². The fraction of sp³-hybridized carbons (Fsp3) is 0.875. The quantitative estimate of drug-likeness (QED) is 0.247. The summed E-state index contributed by atoms with van der Waals surface area (Å²) in [6.45, 7) is 2.48. The number of nitrogens with two attached hydrogens (primary N) is 3. The van der Waals surface area contributed by atoms with Crippen molar-refractivity contribution in [1.29, 1.82) is 0 Å². The topological polar surface area (TPSA) is 111 Å². The monoisotopic (exact) mass is 188 g/mol. The second kappa shape index (κ2) is 6.68. The molecule has 0 aliphatic carbocycles. The van der Waals surface area contributed by atoms with Crippen LogP contribution in [0.2, 0.25) is 0 Å². The molecule has 0 saturated heterocycles. The Balaban J connectivity index is 3.47. The maximum Gasteiger partial charge on any atom is 0.185 e. The zero-order chi connectivity index (χ0) is 10.3. The van der Waals surface area contributed by atoms with Crippen LogP contribution >= 0.6 is 0 Å². The van der Waals surface area contributed by atoms with E-state index in [1.54, 1.807) is 0 Å². The molecule has 2 unspecified atom stereocenters. The molecule has 2 atom stereocenters. The van der Waals surface area contributed by atoms with E-state index in [0.29, 0.717) is 13.0 Å². The van der Waals surface area contributed by atoms with Gasteiger partial charge < -0.3 is 22.3 Å². The lowest BCUT2D eigenvalue weighted by atomic mass is 10.0. The highest BCUT2D eigenvalue weighted by Crippen LogP contribution is 2.02. The summed E-state index contributed by atoms with van der Waals surface area (Å²) in [5, 5.41) is 9.32. The van der Waals surface area contributed by atoms with Crippen LogP contribution in [-0.2, 0) is 0 Å². The second-order valence-electron chi connectivity index (χ2n) is 3.09. The molecule has 0 bridgehead atoms. The van der Waals surface area contributed by atoms with Crippen molar-refractivity contribution in [3.63, 3.8) is 0 Å². The predicted octanol–water partition coefficient (Wildman–Crippen LogP) is -0.862. The van der Waals surface area contributed by atoms with Crippen LogP contribution in [0.4, 0.5) is 0 Å². The maximum atomic E-state index is 9.32. The zero-order valence-electron chi connectivity index (χ0n) is 8.11. The lowest BCUT2D eigenvalue weighted by Crippen LogP contribution is -2.34. The number of rotatable bonds is 6. The number of hydrogen-bond donors (Lipinski definition) is 4. The lowest BCUT2D eigenvalue weighted by Gasteiger charge is -2.16. The molecule has 0 aliphatic heterocycles. The Kier molecular flexibility index (Phi) is 6.26. The van der Waals surface area contributed by atoms with E-state index in [2.05, 4.69) is 4.99 Å². The summed E-state index contributed by atoms with van der Waals surface area (Å²) < 4.78 is 0. The van der Waals surface area contributed by atoms with E-state index in [1.807, 2.05) is 6.92 Å². The smallest absolute Gasteiger partial charge is 0.185 e. The largest absolute Gasteiger partial charge is 0.392 e. The van der Waals surface area contributed by atoms with E-state index in [9.17, 15) is 5.11 Å². The van der Waals surface area contributed by atoms with E-state index < -0.39 is 6.10 Å². The van der Waals surface area contributed by atoms with Gasteiger partial charge in [-0.1, -0.05) is 6.92 Å². The Hall–Kier alpha value is -0.810. The fourth-order valence-electron chi connectivity index (χ4n) is 1.03. The maximum absolute atomic E-state index is 9.32. The molecule has 0 amide bonds. The van der Waals surface area contributed by atoms with Gasteiger partial charge in [0.2, 0.25) is 0 Å². The Morgan fingerprint density at radius 2 is 2.08 bits per heavy atom. The standard InChI is InChI=1S/C8H20N4O/c1-2-7(13)6(9)4-3-5-12-8(10)11/h6-7,13H,2-5,9H2,1H3,(H4,10,11,12).